The van der Waals surface area contributed by atoms with Crippen molar-refractivity contribution in [1.82, 2.24) is 0 Å². The number of nitrogens with zero attached hydrogens (tertiary/aromatic N) is 4. The summed E-state index contributed by atoms with van der Waals surface area (Å²) in [6, 6.07) is 11.2. The Kier molecular flexibility index (Phi) is 7.86. The quantitative estimate of drug-likeness (QED) is 0.604. The average molecular weight is 411 g/mol. The number of anilines is 2. The molecule has 0 spiro atoms. The van der Waals surface area contributed by atoms with Gasteiger partial charge in [-0.05, 0) is 52.0 Å². The molecule has 162 valence electrons. The molecule has 0 aliphatic heterocycles. The zero-order valence-electron chi connectivity index (χ0n) is 18.9. The maximum atomic E-state index is 10.3. The topological polar surface area (TPSA) is 71.7 Å². The molecular formula is C24H34N4O2. The van der Waals surface area contributed by atoms with Gasteiger partial charge in [-0.25, -0.2) is 0 Å². The SMILES string of the molecule is CCN(C)c1ccc(/C=N\CC(C)(C)/N=C\c2ccc(N(C)CC)cc2O)c(O)c1. The van der Waals surface area contributed by atoms with Crippen LogP contribution in [0.15, 0.2) is 46.4 Å². The van der Waals surface area contributed by atoms with Crippen molar-refractivity contribution in [2.45, 2.75) is 33.2 Å². The van der Waals surface area contributed by atoms with E-state index >= 15 is 0 Å². The Morgan fingerprint density at radius 2 is 1.30 bits per heavy atom. The molecule has 30 heavy (non-hydrogen) atoms. The van der Waals surface area contributed by atoms with Crippen molar-refractivity contribution in [2.24, 2.45) is 9.98 Å². The molecule has 0 atom stereocenters. The van der Waals surface area contributed by atoms with Crippen LogP contribution in [0.5, 0.6) is 11.5 Å². The van der Waals surface area contributed by atoms with Gasteiger partial charge in [0.05, 0.1) is 12.1 Å². The molecule has 0 saturated heterocycles. The van der Waals surface area contributed by atoms with Gasteiger partial charge in [0.15, 0.2) is 0 Å². The zero-order valence-corrected chi connectivity index (χ0v) is 18.9. The molecule has 0 radical (unpaired) electrons. The summed E-state index contributed by atoms with van der Waals surface area (Å²) in [7, 11) is 3.97. The Bertz CT molecular complexity index is 906. The Morgan fingerprint density at radius 1 is 0.833 bits per heavy atom. The third-order valence-electron chi connectivity index (χ3n) is 5.12. The van der Waals surface area contributed by atoms with Crippen molar-refractivity contribution in [2.75, 3.05) is 43.5 Å². The largest absolute Gasteiger partial charge is 0.507 e. The number of hydrogen-bond acceptors (Lipinski definition) is 6. The first kappa shape index (κ1) is 23.3. The predicted octanol–water partition coefficient (Wildman–Crippen LogP) is 4.33. The van der Waals surface area contributed by atoms with E-state index in [-0.39, 0.29) is 11.5 Å². The molecule has 0 fully saturated rings. The number of phenolic OH excluding ortho intramolecular Hbond substituents is 2. The Hall–Kier alpha value is -3.02. The van der Waals surface area contributed by atoms with Crippen LogP contribution in [0, 0.1) is 0 Å². The molecule has 0 aliphatic rings. The van der Waals surface area contributed by atoms with Crippen LogP contribution in [0.2, 0.25) is 0 Å². The van der Waals surface area contributed by atoms with Crippen LogP contribution >= 0.6 is 0 Å². The van der Waals surface area contributed by atoms with Crippen molar-refractivity contribution < 1.29 is 10.2 Å². The molecule has 0 amide bonds. The maximum Gasteiger partial charge on any atom is 0.126 e. The highest BCUT2D eigenvalue weighted by Gasteiger charge is 2.15. The zero-order chi connectivity index (χ0) is 22.3. The van der Waals surface area contributed by atoms with E-state index in [1.165, 1.54) is 0 Å². The molecule has 2 rings (SSSR count). The fourth-order valence-electron chi connectivity index (χ4n) is 2.77. The molecule has 0 aromatic heterocycles. The number of benzene rings is 2. The highest BCUT2D eigenvalue weighted by Crippen LogP contribution is 2.24. The van der Waals surface area contributed by atoms with Crippen molar-refractivity contribution >= 4 is 23.8 Å². The van der Waals surface area contributed by atoms with Gasteiger partial charge >= 0.3 is 0 Å². The van der Waals surface area contributed by atoms with E-state index in [0.29, 0.717) is 17.7 Å². The minimum atomic E-state index is -0.445. The standard InChI is InChI=1S/C24H34N4O2/c1-7-27(5)20-11-9-18(22(29)13-20)15-25-17-24(3,4)26-16-19-10-12-21(14-23(19)30)28(6)8-2/h9-16,29-30H,7-8,17H2,1-6H3/b25-15-,26-16-. The van der Waals surface area contributed by atoms with Crippen LogP contribution in [0.4, 0.5) is 11.4 Å². The van der Waals surface area contributed by atoms with Gasteiger partial charge in [0.25, 0.3) is 0 Å². The van der Waals surface area contributed by atoms with Gasteiger partial charge in [-0.2, -0.15) is 0 Å². The summed E-state index contributed by atoms with van der Waals surface area (Å²) in [5, 5.41) is 20.5. The van der Waals surface area contributed by atoms with E-state index < -0.39 is 5.54 Å². The first-order valence-corrected chi connectivity index (χ1v) is 10.3. The number of hydrogen-bond donors (Lipinski definition) is 2. The smallest absolute Gasteiger partial charge is 0.126 e. The van der Waals surface area contributed by atoms with Crippen LogP contribution < -0.4 is 9.80 Å². The third-order valence-corrected chi connectivity index (χ3v) is 5.12. The molecule has 6 nitrogen and oxygen atoms in total. The van der Waals surface area contributed by atoms with Crippen molar-refractivity contribution in [3.8, 4) is 11.5 Å². The molecule has 0 bridgehead atoms. The van der Waals surface area contributed by atoms with Crippen LogP contribution in [-0.2, 0) is 0 Å². The second-order valence-corrected chi connectivity index (χ2v) is 8.06. The number of aromatic hydroxyl groups is 2. The Balaban J connectivity index is 2.05. The van der Waals surface area contributed by atoms with Crippen LogP contribution in [-0.4, -0.2) is 61.9 Å². The summed E-state index contributed by atoms with van der Waals surface area (Å²) in [5.41, 5.74) is 2.84. The molecule has 0 unspecified atom stereocenters. The fraction of sp³-hybridized carbons (Fsp3) is 0.417. The maximum absolute atomic E-state index is 10.3. The highest BCUT2D eigenvalue weighted by molar-refractivity contribution is 5.85. The first-order valence-electron chi connectivity index (χ1n) is 10.3. The van der Waals surface area contributed by atoms with Gasteiger partial charge in [-0.1, -0.05) is 0 Å². The van der Waals surface area contributed by atoms with E-state index in [4.69, 9.17) is 0 Å². The Morgan fingerprint density at radius 3 is 1.73 bits per heavy atom. The van der Waals surface area contributed by atoms with E-state index in [1.807, 2.05) is 52.2 Å². The molecule has 0 aliphatic carbocycles. The number of phenols is 2. The molecule has 2 aromatic carbocycles. The molecular weight excluding hydrogens is 376 g/mol. The molecule has 0 saturated carbocycles. The van der Waals surface area contributed by atoms with Crippen LogP contribution in [0.25, 0.3) is 0 Å². The minimum Gasteiger partial charge on any atom is -0.507 e. The number of aliphatic imine (C=N–C) groups is 2. The molecule has 2 aromatic rings. The second-order valence-electron chi connectivity index (χ2n) is 8.06. The van der Waals surface area contributed by atoms with Crippen LogP contribution in [0.3, 0.4) is 0 Å². The van der Waals surface area contributed by atoms with Crippen molar-refractivity contribution in [1.29, 1.82) is 0 Å². The summed E-state index contributed by atoms with van der Waals surface area (Å²) in [5.74, 6) is 0.415. The van der Waals surface area contributed by atoms with Gasteiger partial charge in [0, 0.05) is 74.2 Å². The lowest BCUT2D eigenvalue weighted by molar-refractivity contribution is 0.473. The summed E-state index contributed by atoms with van der Waals surface area (Å²) in [6.45, 7) is 10.3. The van der Waals surface area contributed by atoms with Crippen molar-refractivity contribution in [3.63, 3.8) is 0 Å². The van der Waals surface area contributed by atoms with E-state index in [0.717, 1.165) is 24.5 Å². The average Bonchev–Trinajstić information content (AvgIpc) is 2.72. The van der Waals surface area contributed by atoms with Gasteiger partial charge < -0.3 is 20.0 Å². The molecule has 2 N–H and O–H groups in total. The fourth-order valence-corrected chi connectivity index (χ4v) is 2.77. The summed E-state index contributed by atoms with van der Waals surface area (Å²) >= 11 is 0. The minimum absolute atomic E-state index is 0.206. The van der Waals surface area contributed by atoms with Gasteiger partial charge in [-0.15, -0.1) is 0 Å². The van der Waals surface area contributed by atoms with Gasteiger partial charge in [0.2, 0.25) is 0 Å². The lowest BCUT2D eigenvalue weighted by Crippen LogP contribution is -2.21. The van der Waals surface area contributed by atoms with Gasteiger partial charge in [0.1, 0.15) is 11.5 Å². The third kappa shape index (κ3) is 6.24. The Labute approximate surface area is 180 Å². The second kappa shape index (κ2) is 10.1. The summed E-state index contributed by atoms with van der Waals surface area (Å²) < 4.78 is 0. The normalized spacial score (nSPS) is 12.1. The number of rotatable bonds is 9. The van der Waals surface area contributed by atoms with Crippen LogP contribution in [0.1, 0.15) is 38.8 Å². The highest BCUT2D eigenvalue weighted by atomic mass is 16.3. The first-order chi connectivity index (χ1) is 14.2. The lowest BCUT2D eigenvalue weighted by atomic mass is 10.1. The van der Waals surface area contributed by atoms with E-state index in [1.54, 1.807) is 24.6 Å². The lowest BCUT2D eigenvalue weighted by Gasteiger charge is -2.18. The summed E-state index contributed by atoms with van der Waals surface area (Å²) in [6.07, 6.45) is 3.36. The predicted molar refractivity (Wildman–Crippen MR) is 128 cm³/mol. The summed E-state index contributed by atoms with van der Waals surface area (Å²) in [4.78, 5) is 13.2. The van der Waals surface area contributed by atoms with Crippen molar-refractivity contribution in [3.05, 3.63) is 47.5 Å². The molecule has 0 heterocycles. The van der Waals surface area contributed by atoms with E-state index in [9.17, 15) is 10.2 Å². The van der Waals surface area contributed by atoms with Gasteiger partial charge in [-0.3, -0.25) is 9.98 Å². The van der Waals surface area contributed by atoms with E-state index in [2.05, 4.69) is 33.6 Å². The monoisotopic (exact) mass is 410 g/mol. The molecule has 6 heteroatoms.